The summed E-state index contributed by atoms with van der Waals surface area (Å²) in [5.41, 5.74) is 0. The van der Waals surface area contributed by atoms with Gasteiger partial charge in [0.15, 0.2) is 0 Å². The summed E-state index contributed by atoms with van der Waals surface area (Å²) in [5.74, 6) is 0. The molecule has 0 radical (unpaired) electrons. The summed E-state index contributed by atoms with van der Waals surface area (Å²) in [6.45, 7) is 12.2. The van der Waals surface area contributed by atoms with Crippen LogP contribution in [-0.4, -0.2) is 61.2 Å². The van der Waals surface area contributed by atoms with Crippen molar-refractivity contribution in [3.05, 3.63) is 0 Å². The van der Waals surface area contributed by atoms with E-state index >= 15 is 0 Å². The van der Waals surface area contributed by atoms with E-state index in [0.29, 0.717) is 0 Å². The van der Waals surface area contributed by atoms with Crippen LogP contribution in [0.5, 0.6) is 0 Å². The van der Waals surface area contributed by atoms with Crippen LogP contribution in [0.1, 0.15) is 39.5 Å². The fourth-order valence-corrected chi connectivity index (χ4v) is 3.21. The average Bonchev–Trinajstić information content (AvgIpc) is 2.76. The van der Waals surface area contributed by atoms with Crippen LogP contribution < -0.4 is 5.32 Å². The number of hydrogen-bond donors (Lipinski definition) is 1. The Bertz CT molecular complexity index is 220. The third-order valence-corrected chi connectivity index (χ3v) is 4.35. The van der Waals surface area contributed by atoms with Gasteiger partial charge in [-0.25, -0.2) is 0 Å². The van der Waals surface area contributed by atoms with E-state index in [1.54, 1.807) is 0 Å². The maximum atomic E-state index is 3.56. The van der Waals surface area contributed by atoms with Gasteiger partial charge in [0.2, 0.25) is 0 Å². The van der Waals surface area contributed by atoms with E-state index in [0.717, 1.165) is 18.6 Å². The average molecular weight is 239 g/mol. The predicted octanol–water partition coefficient (Wildman–Crippen LogP) is 1.54. The van der Waals surface area contributed by atoms with Crippen LogP contribution >= 0.6 is 0 Å². The van der Waals surface area contributed by atoms with E-state index in [-0.39, 0.29) is 0 Å². The highest BCUT2D eigenvalue weighted by Crippen LogP contribution is 2.23. The van der Waals surface area contributed by atoms with E-state index in [1.807, 2.05) is 0 Å². The van der Waals surface area contributed by atoms with E-state index in [9.17, 15) is 0 Å². The second-order valence-electron chi connectivity index (χ2n) is 5.74. The van der Waals surface area contributed by atoms with Gasteiger partial charge in [0.25, 0.3) is 0 Å². The molecule has 2 unspecified atom stereocenters. The fourth-order valence-electron chi connectivity index (χ4n) is 3.21. The Labute approximate surface area is 107 Å². The van der Waals surface area contributed by atoms with Crippen LogP contribution in [-0.2, 0) is 0 Å². The van der Waals surface area contributed by atoms with Crippen molar-refractivity contribution in [2.24, 2.45) is 0 Å². The molecule has 2 atom stereocenters. The lowest BCUT2D eigenvalue weighted by atomic mass is 10.1. The Morgan fingerprint density at radius 2 is 2.12 bits per heavy atom. The van der Waals surface area contributed by atoms with Crippen LogP contribution in [0, 0.1) is 0 Å². The number of fused-ring (bicyclic) bond motifs is 1. The van der Waals surface area contributed by atoms with E-state index in [1.165, 1.54) is 58.4 Å². The van der Waals surface area contributed by atoms with Gasteiger partial charge in [-0.2, -0.15) is 0 Å². The van der Waals surface area contributed by atoms with Crippen molar-refractivity contribution >= 4 is 0 Å². The van der Waals surface area contributed by atoms with E-state index in [4.69, 9.17) is 0 Å². The number of hydrogen-bond acceptors (Lipinski definition) is 3. The molecule has 0 aromatic rings. The molecular formula is C14H29N3. The highest BCUT2D eigenvalue weighted by atomic mass is 15.3. The first kappa shape index (κ1) is 13.3. The zero-order valence-electron chi connectivity index (χ0n) is 11.6. The van der Waals surface area contributed by atoms with Gasteiger partial charge in [-0.05, 0) is 39.3 Å². The van der Waals surface area contributed by atoms with Crippen molar-refractivity contribution in [2.45, 2.75) is 51.6 Å². The molecule has 2 rings (SSSR count). The molecule has 0 saturated carbocycles. The second-order valence-corrected chi connectivity index (χ2v) is 5.74. The SMILES string of the molecule is CCCCNCCN1CC2CCCN2CC1C. The Morgan fingerprint density at radius 1 is 1.24 bits per heavy atom. The summed E-state index contributed by atoms with van der Waals surface area (Å²) in [6, 6.07) is 1.61. The molecule has 3 nitrogen and oxygen atoms in total. The minimum atomic E-state index is 0.748. The Morgan fingerprint density at radius 3 is 2.94 bits per heavy atom. The summed E-state index contributed by atoms with van der Waals surface area (Å²) in [6.07, 6.45) is 5.45. The van der Waals surface area contributed by atoms with Crippen molar-refractivity contribution in [1.29, 1.82) is 0 Å². The minimum Gasteiger partial charge on any atom is -0.315 e. The second kappa shape index (κ2) is 6.72. The molecule has 0 aliphatic carbocycles. The first-order valence-electron chi connectivity index (χ1n) is 7.50. The molecule has 0 spiro atoms. The standard InChI is InChI=1S/C14H29N3/c1-3-4-7-15-8-10-16-12-14-6-5-9-17(14)11-13(16)2/h13-15H,3-12H2,1-2H3. The molecule has 0 bridgehead atoms. The topological polar surface area (TPSA) is 18.5 Å². The lowest BCUT2D eigenvalue weighted by Gasteiger charge is -2.42. The smallest absolute Gasteiger partial charge is 0.0224 e. The number of rotatable bonds is 6. The third kappa shape index (κ3) is 3.67. The maximum Gasteiger partial charge on any atom is 0.0224 e. The van der Waals surface area contributed by atoms with Gasteiger partial charge in [-0.3, -0.25) is 9.80 Å². The van der Waals surface area contributed by atoms with Crippen LogP contribution in [0.4, 0.5) is 0 Å². The summed E-state index contributed by atoms with van der Waals surface area (Å²) < 4.78 is 0. The Hall–Kier alpha value is -0.120. The molecule has 0 amide bonds. The normalized spacial score (nSPS) is 30.7. The molecule has 2 aliphatic heterocycles. The van der Waals surface area contributed by atoms with E-state index < -0.39 is 0 Å². The molecule has 2 fully saturated rings. The van der Waals surface area contributed by atoms with E-state index in [2.05, 4.69) is 29.0 Å². The third-order valence-electron chi connectivity index (χ3n) is 4.35. The fraction of sp³-hybridized carbons (Fsp3) is 1.00. The quantitative estimate of drug-likeness (QED) is 0.710. The lowest BCUT2D eigenvalue weighted by Crippen LogP contribution is -2.56. The molecule has 17 heavy (non-hydrogen) atoms. The predicted molar refractivity (Wildman–Crippen MR) is 73.4 cm³/mol. The monoisotopic (exact) mass is 239 g/mol. The van der Waals surface area contributed by atoms with Gasteiger partial charge in [0.05, 0.1) is 0 Å². The van der Waals surface area contributed by atoms with Crippen LogP contribution in [0.25, 0.3) is 0 Å². The van der Waals surface area contributed by atoms with Gasteiger partial charge in [-0.15, -0.1) is 0 Å². The molecule has 0 aromatic heterocycles. The highest BCUT2D eigenvalue weighted by Gasteiger charge is 2.33. The number of nitrogens with one attached hydrogen (secondary N) is 1. The molecule has 3 heteroatoms. The molecular weight excluding hydrogens is 210 g/mol. The van der Waals surface area contributed by atoms with Crippen LogP contribution in [0.3, 0.4) is 0 Å². The van der Waals surface area contributed by atoms with Gasteiger partial charge >= 0.3 is 0 Å². The minimum absolute atomic E-state index is 0.748. The summed E-state index contributed by atoms with van der Waals surface area (Å²) in [4.78, 5) is 5.39. The number of unbranched alkanes of at least 4 members (excludes halogenated alkanes) is 1. The Kier molecular flexibility index (Phi) is 5.26. The summed E-state index contributed by atoms with van der Waals surface area (Å²) >= 11 is 0. The summed E-state index contributed by atoms with van der Waals surface area (Å²) in [5, 5.41) is 3.56. The van der Waals surface area contributed by atoms with Crippen molar-refractivity contribution in [1.82, 2.24) is 15.1 Å². The first-order chi connectivity index (χ1) is 8.31. The highest BCUT2D eigenvalue weighted by molar-refractivity contribution is 4.90. The zero-order chi connectivity index (χ0) is 12.1. The molecule has 0 aromatic carbocycles. The molecule has 100 valence electrons. The van der Waals surface area contributed by atoms with Crippen molar-refractivity contribution in [3.63, 3.8) is 0 Å². The largest absolute Gasteiger partial charge is 0.315 e. The molecule has 1 N–H and O–H groups in total. The van der Waals surface area contributed by atoms with Crippen LogP contribution in [0.15, 0.2) is 0 Å². The lowest BCUT2D eigenvalue weighted by molar-refractivity contribution is 0.0604. The van der Waals surface area contributed by atoms with Crippen LogP contribution in [0.2, 0.25) is 0 Å². The first-order valence-corrected chi connectivity index (χ1v) is 7.50. The van der Waals surface area contributed by atoms with Gasteiger partial charge in [0, 0.05) is 38.3 Å². The number of piperazine rings is 1. The number of nitrogens with zero attached hydrogens (tertiary/aromatic N) is 2. The Balaban J connectivity index is 1.66. The van der Waals surface area contributed by atoms with Crippen molar-refractivity contribution in [3.8, 4) is 0 Å². The van der Waals surface area contributed by atoms with Crippen molar-refractivity contribution < 1.29 is 0 Å². The van der Waals surface area contributed by atoms with Gasteiger partial charge < -0.3 is 5.32 Å². The van der Waals surface area contributed by atoms with Crippen molar-refractivity contribution in [2.75, 3.05) is 39.3 Å². The summed E-state index contributed by atoms with van der Waals surface area (Å²) in [7, 11) is 0. The van der Waals surface area contributed by atoms with Gasteiger partial charge in [-0.1, -0.05) is 13.3 Å². The molecule has 2 aliphatic rings. The van der Waals surface area contributed by atoms with Gasteiger partial charge in [0.1, 0.15) is 0 Å². The maximum absolute atomic E-state index is 3.56. The molecule has 2 heterocycles. The molecule has 2 saturated heterocycles. The zero-order valence-corrected chi connectivity index (χ0v) is 11.6.